The van der Waals surface area contributed by atoms with Gasteiger partial charge in [-0.05, 0) is 12.5 Å². The normalized spacial score (nSPS) is 23.9. The van der Waals surface area contributed by atoms with E-state index in [0.29, 0.717) is 11.7 Å². The topological polar surface area (TPSA) is 38.6 Å². The number of fused-ring (bicyclic) bond motifs is 3. The van der Waals surface area contributed by atoms with Crippen molar-refractivity contribution in [3.05, 3.63) is 23.0 Å². The Labute approximate surface area is 119 Å². The average molecular weight is 297 g/mol. The van der Waals surface area contributed by atoms with Crippen molar-refractivity contribution in [3.8, 4) is 11.4 Å². The summed E-state index contributed by atoms with van der Waals surface area (Å²) >= 11 is 0. The van der Waals surface area contributed by atoms with Crippen LogP contribution in [0.4, 0.5) is 13.2 Å². The van der Waals surface area contributed by atoms with Gasteiger partial charge in [0.2, 0.25) is 0 Å². The van der Waals surface area contributed by atoms with Crippen molar-refractivity contribution in [1.82, 2.24) is 24.5 Å². The highest BCUT2D eigenvalue weighted by Crippen LogP contribution is 2.43. The molecule has 2 aliphatic rings. The second-order valence-corrected chi connectivity index (χ2v) is 5.63. The molecule has 2 aromatic heterocycles. The van der Waals surface area contributed by atoms with Crippen LogP contribution in [0.3, 0.4) is 0 Å². The van der Waals surface area contributed by atoms with E-state index in [-0.39, 0.29) is 0 Å². The lowest BCUT2D eigenvalue weighted by Gasteiger charge is -2.12. The number of rotatable bonds is 1. The molecule has 5 nitrogen and oxygen atoms in total. The van der Waals surface area contributed by atoms with Crippen LogP contribution in [0.2, 0.25) is 0 Å². The minimum Gasteiger partial charge on any atom is -0.291 e. The second-order valence-electron chi connectivity index (χ2n) is 5.63. The van der Waals surface area contributed by atoms with Gasteiger partial charge in [-0.3, -0.25) is 14.3 Å². The first-order valence-corrected chi connectivity index (χ1v) is 6.77. The molecular formula is C13H14F3N5. The molecule has 4 heterocycles. The molecule has 2 unspecified atom stereocenters. The summed E-state index contributed by atoms with van der Waals surface area (Å²) in [7, 11) is 3.32. The third-order valence-electron chi connectivity index (χ3n) is 4.27. The quantitative estimate of drug-likeness (QED) is 0.753. The van der Waals surface area contributed by atoms with Crippen LogP contribution in [-0.4, -0.2) is 37.6 Å². The number of alkyl halides is 3. The number of nitrogens with zero attached hydrogens (tertiary/aromatic N) is 5. The van der Waals surface area contributed by atoms with Crippen LogP contribution in [0.15, 0.2) is 6.07 Å². The molecule has 2 aromatic rings. The van der Waals surface area contributed by atoms with E-state index < -0.39 is 11.9 Å². The Balaban J connectivity index is 1.86. The van der Waals surface area contributed by atoms with Crippen LogP contribution in [0.5, 0.6) is 0 Å². The molecule has 112 valence electrons. The van der Waals surface area contributed by atoms with Gasteiger partial charge in [0, 0.05) is 32.7 Å². The van der Waals surface area contributed by atoms with Gasteiger partial charge in [0.1, 0.15) is 0 Å². The van der Waals surface area contributed by atoms with Crippen LogP contribution >= 0.6 is 0 Å². The fraction of sp³-hybridized carbons (Fsp3) is 0.538. The summed E-state index contributed by atoms with van der Waals surface area (Å²) in [5.74, 6) is 0. The molecule has 21 heavy (non-hydrogen) atoms. The molecule has 1 saturated heterocycles. The van der Waals surface area contributed by atoms with E-state index >= 15 is 0 Å². The zero-order valence-electron chi connectivity index (χ0n) is 11.6. The Hall–Kier alpha value is -1.83. The van der Waals surface area contributed by atoms with Gasteiger partial charge in [-0.25, -0.2) is 0 Å². The van der Waals surface area contributed by atoms with Crippen LogP contribution < -0.4 is 0 Å². The Morgan fingerprint density at radius 3 is 2.62 bits per heavy atom. The first kappa shape index (κ1) is 12.9. The van der Waals surface area contributed by atoms with Crippen LogP contribution in [-0.2, 0) is 26.7 Å². The van der Waals surface area contributed by atoms with Gasteiger partial charge in [0.15, 0.2) is 5.69 Å². The Kier molecular flexibility index (Phi) is 2.38. The molecule has 4 rings (SSSR count). The molecule has 8 heteroatoms. The summed E-state index contributed by atoms with van der Waals surface area (Å²) in [6.45, 7) is 1.95. The van der Waals surface area contributed by atoms with E-state index in [4.69, 9.17) is 0 Å². The number of hydrogen-bond donors (Lipinski definition) is 0. The minimum absolute atomic E-state index is 0.351. The lowest BCUT2D eigenvalue weighted by atomic mass is 10.0. The van der Waals surface area contributed by atoms with E-state index in [0.717, 1.165) is 42.5 Å². The smallest absolute Gasteiger partial charge is 0.291 e. The summed E-state index contributed by atoms with van der Waals surface area (Å²) in [4.78, 5) is 2.31. The molecular weight excluding hydrogens is 283 g/mol. The van der Waals surface area contributed by atoms with Gasteiger partial charge in [0.05, 0.1) is 23.1 Å². The van der Waals surface area contributed by atoms with Crippen molar-refractivity contribution in [3.63, 3.8) is 0 Å². The number of aryl methyl sites for hydroxylation is 2. The fourth-order valence-corrected chi connectivity index (χ4v) is 3.19. The van der Waals surface area contributed by atoms with E-state index in [1.807, 2.05) is 0 Å². The van der Waals surface area contributed by atoms with Gasteiger partial charge in [0.25, 0.3) is 0 Å². The Morgan fingerprint density at radius 1 is 1.19 bits per heavy atom. The van der Waals surface area contributed by atoms with E-state index in [1.54, 1.807) is 11.7 Å². The SMILES string of the molecule is Cn1nc(C(F)(F)F)cc1-c1c2c(nn1C)C1CN1CC2. The summed E-state index contributed by atoms with van der Waals surface area (Å²) < 4.78 is 41.5. The maximum absolute atomic E-state index is 12.8. The zero-order valence-corrected chi connectivity index (χ0v) is 11.6. The highest BCUT2D eigenvalue weighted by Gasteiger charge is 2.44. The lowest BCUT2D eigenvalue weighted by Crippen LogP contribution is -2.12. The molecule has 0 N–H and O–H groups in total. The zero-order chi connectivity index (χ0) is 14.9. The lowest BCUT2D eigenvalue weighted by molar-refractivity contribution is -0.141. The monoisotopic (exact) mass is 297 g/mol. The molecule has 2 aliphatic heterocycles. The highest BCUT2D eigenvalue weighted by molar-refractivity contribution is 5.63. The number of hydrogen-bond acceptors (Lipinski definition) is 3. The van der Waals surface area contributed by atoms with Crippen molar-refractivity contribution >= 4 is 0 Å². The van der Waals surface area contributed by atoms with Crippen molar-refractivity contribution in [2.24, 2.45) is 14.1 Å². The summed E-state index contributed by atoms with van der Waals surface area (Å²) in [5, 5.41) is 8.11. The Morgan fingerprint density at radius 2 is 1.95 bits per heavy atom. The predicted octanol–water partition coefficient (Wildman–Crippen LogP) is 1.75. The largest absolute Gasteiger partial charge is 0.435 e. The average Bonchev–Trinajstić information content (AvgIpc) is 2.97. The van der Waals surface area contributed by atoms with Gasteiger partial charge in [-0.2, -0.15) is 23.4 Å². The summed E-state index contributed by atoms with van der Waals surface area (Å²) in [5.41, 5.74) is 2.43. The maximum atomic E-state index is 12.8. The van der Waals surface area contributed by atoms with Gasteiger partial charge < -0.3 is 0 Å². The molecule has 0 bridgehead atoms. The maximum Gasteiger partial charge on any atom is 0.435 e. The van der Waals surface area contributed by atoms with Crippen LogP contribution in [0, 0.1) is 0 Å². The molecule has 0 saturated carbocycles. The Bertz CT molecular complexity index is 727. The predicted molar refractivity (Wildman–Crippen MR) is 68.4 cm³/mol. The molecule has 2 atom stereocenters. The van der Waals surface area contributed by atoms with Crippen molar-refractivity contribution in [2.45, 2.75) is 18.6 Å². The third kappa shape index (κ3) is 1.81. The molecule has 0 aromatic carbocycles. The first-order valence-electron chi connectivity index (χ1n) is 6.77. The van der Waals surface area contributed by atoms with Gasteiger partial charge >= 0.3 is 6.18 Å². The minimum atomic E-state index is -4.43. The highest BCUT2D eigenvalue weighted by atomic mass is 19.4. The van der Waals surface area contributed by atoms with Gasteiger partial charge in [-0.1, -0.05) is 0 Å². The summed E-state index contributed by atoms with van der Waals surface area (Å²) in [6, 6.07) is 1.46. The molecule has 0 radical (unpaired) electrons. The third-order valence-corrected chi connectivity index (χ3v) is 4.27. The number of aromatic nitrogens is 4. The van der Waals surface area contributed by atoms with E-state index in [1.165, 1.54) is 11.7 Å². The molecule has 0 amide bonds. The molecule has 0 aliphatic carbocycles. The van der Waals surface area contributed by atoms with Crippen molar-refractivity contribution in [2.75, 3.05) is 13.1 Å². The van der Waals surface area contributed by atoms with Crippen molar-refractivity contribution < 1.29 is 13.2 Å². The second kappa shape index (κ2) is 3.88. The number of halogens is 3. The van der Waals surface area contributed by atoms with E-state index in [2.05, 4.69) is 15.1 Å². The first-order chi connectivity index (χ1) is 9.86. The summed E-state index contributed by atoms with van der Waals surface area (Å²) in [6.07, 6.45) is -3.61. The van der Waals surface area contributed by atoms with Crippen LogP contribution in [0.1, 0.15) is 23.0 Å². The fourth-order valence-electron chi connectivity index (χ4n) is 3.19. The van der Waals surface area contributed by atoms with Gasteiger partial charge in [-0.15, -0.1) is 0 Å². The molecule has 0 spiro atoms. The van der Waals surface area contributed by atoms with Crippen LogP contribution in [0.25, 0.3) is 11.4 Å². The standard InChI is InChI=1S/C13H14F3N5/c1-19-8(5-10(17-19)13(14,15)16)12-7-3-4-21-6-9(21)11(7)18-20(12)2/h5,9H,3-4,6H2,1-2H3. The van der Waals surface area contributed by atoms with E-state index in [9.17, 15) is 13.2 Å². The molecule has 1 fully saturated rings. The van der Waals surface area contributed by atoms with Crippen molar-refractivity contribution in [1.29, 1.82) is 0 Å².